The fourth-order valence-electron chi connectivity index (χ4n) is 3.34. The first kappa shape index (κ1) is 22.1. The zero-order valence-electron chi connectivity index (χ0n) is 18.0. The molecule has 0 saturated carbocycles. The van der Waals surface area contributed by atoms with Crippen molar-refractivity contribution >= 4 is 5.96 Å². The van der Waals surface area contributed by atoms with E-state index in [1.807, 2.05) is 30.3 Å². The summed E-state index contributed by atoms with van der Waals surface area (Å²) in [6.07, 6.45) is 0.911. The van der Waals surface area contributed by atoms with Crippen molar-refractivity contribution in [1.82, 2.24) is 15.5 Å². The van der Waals surface area contributed by atoms with E-state index in [0.29, 0.717) is 13.2 Å². The average molecular weight is 411 g/mol. The first-order valence-corrected chi connectivity index (χ1v) is 10.9. The van der Waals surface area contributed by atoms with Crippen LogP contribution in [-0.2, 0) is 17.8 Å². The van der Waals surface area contributed by atoms with Gasteiger partial charge in [-0.2, -0.15) is 0 Å². The summed E-state index contributed by atoms with van der Waals surface area (Å²) in [7, 11) is 0. The Morgan fingerprint density at radius 3 is 2.63 bits per heavy atom. The second-order valence-electron chi connectivity index (χ2n) is 7.35. The Kier molecular flexibility index (Phi) is 9.50. The van der Waals surface area contributed by atoms with Crippen LogP contribution in [0.2, 0.25) is 0 Å². The molecule has 0 atom stereocenters. The molecule has 3 rings (SSSR count). The third-order valence-corrected chi connectivity index (χ3v) is 4.89. The van der Waals surface area contributed by atoms with Crippen LogP contribution in [0.15, 0.2) is 59.6 Å². The van der Waals surface area contributed by atoms with Crippen molar-refractivity contribution in [3.8, 4) is 5.75 Å². The smallest absolute Gasteiger partial charge is 0.191 e. The Balaban J connectivity index is 1.43. The van der Waals surface area contributed by atoms with Crippen LogP contribution in [0.25, 0.3) is 0 Å². The van der Waals surface area contributed by atoms with Gasteiger partial charge in [-0.3, -0.25) is 4.90 Å². The lowest BCUT2D eigenvalue weighted by Gasteiger charge is -2.26. The molecule has 0 aliphatic carbocycles. The maximum Gasteiger partial charge on any atom is 0.191 e. The third-order valence-electron chi connectivity index (χ3n) is 4.89. The first-order chi connectivity index (χ1) is 14.8. The van der Waals surface area contributed by atoms with E-state index in [0.717, 1.165) is 64.1 Å². The van der Waals surface area contributed by atoms with Gasteiger partial charge in [-0.1, -0.05) is 42.5 Å². The Labute approximate surface area is 180 Å². The second-order valence-corrected chi connectivity index (χ2v) is 7.35. The fraction of sp³-hybridized carbons (Fsp3) is 0.458. The van der Waals surface area contributed by atoms with Crippen LogP contribution in [0.3, 0.4) is 0 Å². The van der Waals surface area contributed by atoms with Gasteiger partial charge in [0.15, 0.2) is 5.96 Å². The molecule has 2 N–H and O–H groups in total. The Morgan fingerprint density at radius 1 is 1.03 bits per heavy atom. The number of guanidine groups is 1. The predicted molar refractivity (Wildman–Crippen MR) is 122 cm³/mol. The van der Waals surface area contributed by atoms with E-state index >= 15 is 0 Å². The Bertz CT molecular complexity index is 761. The number of benzene rings is 2. The molecule has 1 aliphatic heterocycles. The average Bonchev–Trinajstić information content (AvgIpc) is 2.79. The quantitative estimate of drug-likeness (QED) is 0.358. The van der Waals surface area contributed by atoms with E-state index in [1.165, 1.54) is 11.1 Å². The molecular formula is C24H34N4O2. The summed E-state index contributed by atoms with van der Waals surface area (Å²) in [5.41, 5.74) is 2.56. The number of hydrogen-bond acceptors (Lipinski definition) is 4. The molecule has 1 heterocycles. The molecule has 0 amide bonds. The van der Waals surface area contributed by atoms with E-state index < -0.39 is 0 Å². The molecule has 0 bridgehead atoms. The standard InChI is InChI=1S/C24H34N4O2/c1-2-25-24(26-12-7-15-30-23-10-4-3-5-11-23)27-19-21-8-6-9-22(18-21)20-28-13-16-29-17-14-28/h3-6,8-11,18H,2,7,12-17,19-20H2,1H3,(H2,25,26,27). The zero-order valence-corrected chi connectivity index (χ0v) is 18.0. The number of morpholine rings is 1. The van der Waals surface area contributed by atoms with Crippen molar-refractivity contribution < 1.29 is 9.47 Å². The Hall–Kier alpha value is -2.57. The summed E-state index contributed by atoms with van der Waals surface area (Å²) in [4.78, 5) is 7.19. The monoisotopic (exact) mass is 410 g/mol. The van der Waals surface area contributed by atoms with Gasteiger partial charge >= 0.3 is 0 Å². The third kappa shape index (κ3) is 8.05. The van der Waals surface area contributed by atoms with Gasteiger partial charge in [0.1, 0.15) is 5.75 Å². The van der Waals surface area contributed by atoms with Crippen LogP contribution in [0.5, 0.6) is 5.75 Å². The van der Waals surface area contributed by atoms with Gasteiger partial charge in [0.05, 0.1) is 26.4 Å². The summed E-state index contributed by atoms with van der Waals surface area (Å²) >= 11 is 0. The minimum atomic E-state index is 0.660. The first-order valence-electron chi connectivity index (χ1n) is 10.9. The Morgan fingerprint density at radius 2 is 1.83 bits per heavy atom. The molecule has 0 unspecified atom stereocenters. The van der Waals surface area contributed by atoms with Crippen LogP contribution < -0.4 is 15.4 Å². The van der Waals surface area contributed by atoms with Gasteiger partial charge in [0.25, 0.3) is 0 Å². The van der Waals surface area contributed by atoms with E-state index in [4.69, 9.17) is 14.5 Å². The summed E-state index contributed by atoms with van der Waals surface area (Å²) in [6.45, 7) is 9.72. The van der Waals surface area contributed by atoms with Crippen LogP contribution in [0.1, 0.15) is 24.5 Å². The number of ether oxygens (including phenoxy) is 2. The van der Waals surface area contributed by atoms with Crippen molar-refractivity contribution in [2.24, 2.45) is 4.99 Å². The molecule has 0 aromatic heterocycles. The van der Waals surface area contributed by atoms with Gasteiger partial charge in [-0.15, -0.1) is 0 Å². The summed E-state index contributed by atoms with van der Waals surface area (Å²) in [5, 5.41) is 6.71. The number of aliphatic imine (C=N–C) groups is 1. The molecule has 0 radical (unpaired) electrons. The largest absolute Gasteiger partial charge is 0.494 e. The van der Waals surface area contributed by atoms with Gasteiger partial charge in [0.2, 0.25) is 0 Å². The summed E-state index contributed by atoms with van der Waals surface area (Å²) in [5.74, 6) is 1.76. The van der Waals surface area contributed by atoms with Crippen molar-refractivity contribution in [3.63, 3.8) is 0 Å². The van der Waals surface area contributed by atoms with Crippen molar-refractivity contribution in [3.05, 3.63) is 65.7 Å². The number of para-hydroxylation sites is 1. The zero-order chi connectivity index (χ0) is 20.9. The lowest BCUT2D eigenvalue weighted by Crippen LogP contribution is -2.38. The second kappa shape index (κ2) is 12.9. The highest BCUT2D eigenvalue weighted by atomic mass is 16.5. The molecule has 162 valence electrons. The van der Waals surface area contributed by atoms with Crippen LogP contribution in [-0.4, -0.2) is 56.9 Å². The van der Waals surface area contributed by atoms with Gasteiger partial charge in [0, 0.05) is 32.7 Å². The number of hydrogen-bond donors (Lipinski definition) is 2. The minimum absolute atomic E-state index is 0.660. The highest BCUT2D eigenvalue weighted by Gasteiger charge is 2.10. The normalized spacial score (nSPS) is 15.0. The van der Waals surface area contributed by atoms with Gasteiger partial charge in [-0.05, 0) is 36.6 Å². The van der Waals surface area contributed by atoms with Crippen LogP contribution >= 0.6 is 0 Å². The van der Waals surface area contributed by atoms with E-state index in [2.05, 4.69) is 46.7 Å². The number of rotatable bonds is 10. The molecule has 1 aliphatic rings. The van der Waals surface area contributed by atoms with Crippen LogP contribution in [0, 0.1) is 0 Å². The molecule has 6 nitrogen and oxygen atoms in total. The van der Waals surface area contributed by atoms with E-state index in [1.54, 1.807) is 0 Å². The number of nitrogens with zero attached hydrogens (tertiary/aromatic N) is 2. The topological polar surface area (TPSA) is 58.1 Å². The highest BCUT2D eigenvalue weighted by molar-refractivity contribution is 5.79. The highest BCUT2D eigenvalue weighted by Crippen LogP contribution is 2.11. The fourth-order valence-corrected chi connectivity index (χ4v) is 3.34. The summed E-state index contributed by atoms with van der Waals surface area (Å²) in [6, 6.07) is 18.6. The predicted octanol–water partition coefficient (Wildman–Crippen LogP) is 3.04. The molecule has 2 aromatic rings. The molecule has 30 heavy (non-hydrogen) atoms. The van der Waals surface area contributed by atoms with Crippen LogP contribution in [0.4, 0.5) is 0 Å². The SMILES string of the molecule is CCNC(=NCc1cccc(CN2CCOCC2)c1)NCCCOc1ccccc1. The van der Waals surface area contributed by atoms with Crippen molar-refractivity contribution in [2.45, 2.75) is 26.4 Å². The molecule has 6 heteroatoms. The molecule has 0 spiro atoms. The van der Waals surface area contributed by atoms with Gasteiger partial charge in [-0.25, -0.2) is 4.99 Å². The summed E-state index contributed by atoms with van der Waals surface area (Å²) < 4.78 is 11.2. The van der Waals surface area contributed by atoms with Gasteiger partial charge < -0.3 is 20.1 Å². The lowest BCUT2D eigenvalue weighted by atomic mass is 10.1. The maximum atomic E-state index is 5.74. The maximum absolute atomic E-state index is 5.74. The molecule has 1 fully saturated rings. The molecular weight excluding hydrogens is 376 g/mol. The lowest BCUT2D eigenvalue weighted by molar-refractivity contribution is 0.0342. The van der Waals surface area contributed by atoms with Crippen molar-refractivity contribution in [1.29, 1.82) is 0 Å². The van der Waals surface area contributed by atoms with E-state index in [-0.39, 0.29) is 0 Å². The van der Waals surface area contributed by atoms with Crippen molar-refractivity contribution in [2.75, 3.05) is 46.0 Å². The molecule has 1 saturated heterocycles. The minimum Gasteiger partial charge on any atom is -0.494 e. The number of nitrogens with one attached hydrogen (secondary N) is 2. The molecule has 2 aromatic carbocycles. The van der Waals surface area contributed by atoms with E-state index in [9.17, 15) is 0 Å².